The molecule has 24 nitrogen and oxygen atoms in total. The Hall–Kier alpha value is -7.76. The van der Waals surface area contributed by atoms with Crippen molar-refractivity contribution in [2.24, 2.45) is 35.2 Å². The highest BCUT2D eigenvalue weighted by Gasteiger charge is 2.22. The van der Waals surface area contributed by atoms with E-state index in [0.29, 0.717) is 24.5 Å². The summed E-state index contributed by atoms with van der Waals surface area (Å²) in [5.74, 6) is -2.33. The number of esters is 1. The second-order valence-corrected chi connectivity index (χ2v) is 15.5. The molecule has 0 fully saturated rings. The SMILES string of the molecule is CCOC(=O)c1nc(NC(=O)CCNCc2cc(NC(=O)c3nc(NC(=O)CCNC(=O)c4cc(NC(=O)c5nc(NC(=O)OC(C)(C)C)cn5C)cn4C)cn3C)cn2C)cn1C. The van der Waals surface area contributed by atoms with E-state index in [0.717, 1.165) is 5.69 Å². The van der Waals surface area contributed by atoms with E-state index in [1.54, 1.807) is 68.1 Å². The van der Waals surface area contributed by atoms with Crippen molar-refractivity contribution in [3.05, 3.63) is 72.0 Å². The lowest BCUT2D eigenvalue weighted by molar-refractivity contribution is -0.117. The van der Waals surface area contributed by atoms with Crippen LogP contribution in [0.1, 0.15) is 88.6 Å². The van der Waals surface area contributed by atoms with E-state index >= 15 is 0 Å². The van der Waals surface area contributed by atoms with Crippen molar-refractivity contribution in [1.29, 1.82) is 0 Å². The van der Waals surface area contributed by atoms with Gasteiger partial charge in [0.05, 0.1) is 18.0 Å². The van der Waals surface area contributed by atoms with Crippen molar-refractivity contribution in [1.82, 2.24) is 48.4 Å². The molecule has 5 aromatic heterocycles. The third-order valence-electron chi connectivity index (χ3n) is 8.99. The smallest absolute Gasteiger partial charge is 0.413 e. The number of hydrogen-bond donors (Lipinski definition) is 7. The van der Waals surface area contributed by atoms with Crippen LogP contribution < -0.4 is 37.2 Å². The van der Waals surface area contributed by atoms with E-state index in [9.17, 15) is 33.6 Å². The van der Waals surface area contributed by atoms with Gasteiger partial charge in [-0.25, -0.2) is 24.5 Å². The summed E-state index contributed by atoms with van der Waals surface area (Å²) in [4.78, 5) is 101. The number of ether oxygens (including phenoxy) is 2. The highest BCUT2D eigenvalue weighted by molar-refractivity contribution is 6.04. The van der Waals surface area contributed by atoms with Gasteiger partial charge in [0.2, 0.25) is 29.3 Å². The first-order valence-electron chi connectivity index (χ1n) is 20.0. The minimum absolute atomic E-state index is 0.00214. The van der Waals surface area contributed by atoms with Gasteiger partial charge in [-0.15, -0.1) is 0 Å². The molecule has 0 spiro atoms. The molecule has 0 aliphatic carbocycles. The van der Waals surface area contributed by atoms with E-state index in [2.05, 4.69) is 52.2 Å². The predicted octanol–water partition coefficient (Wildman–Crippen LogP) is 2.47. The number of carbonyl (C=O) groups excluding carboxylic acids is 7. The van der Waals surface area contributed by atoms with Gasteiger partial charge in [0.1, 0.15) is 11.3 Å². The van der Waals surface area contributed by atoms with Crippen LogP contribution in [0.15, 0.2) is 43.1 Å². The van der Waals surface area contributed by atoms with Gasteiger partial charge in [-0.3, -0.25) is 29.3 Å². The van der Waals surface area contributed by atoms with Gasteiger partial charge in [-0.1, -0.05) is 0 Å². The van der Waals surface area contributed by atoms with Crippen LogP contribution in [0, 0.1) is 0 Å². The fraction of sp³-hybridized carbons (Fsp3) is 0.400. The summed E-state index contributed by atoms with van der Waals surface area (Å²) in [7, 11) is 8.25. The molecule has 5 heterocycles. The summed E-state index contributed by atoms with van der Waals surface area (Å²) in [6, 6.07) is 3.24. The minimum Gasteiger partial charge on any atom is -0.460 e. The maximum atomic E-state index is 13.2. The largest absolute Gasteiger partial charge is 0.460 e. The van der Waals surface area contributed by atoms with Gasteiger partial charge in [0, 0.05) is 104 Å². The topological polar surface area (TPSA) is 285 Å². The lowest BCUT2D eigenvalue weighted by Gasteiger charge is -2.18. The van der Waals surface area contributed by atoms with Gasteiger partial charge in [0.25, 0.3) is 17.7 Å². The number of nitrogens with one attached hydrogen (secondary N) is 7. The fourth-order valence-electron chi connectivity index (χ4n) is 6.09. The van der Waals surface area contributed by atoms with Crippen molar-refractivity contribution >= 4 is 70.4 Å². The standard InChI is InChI=1S/C40H53N15O9/c1-10-63-38(61)34-49-28(21-55(34)9)46-30(56)11-13-41-17-25-15-23(18-51(25)5)43-36(59)32-47-27(20-53(32)7)45-31(57)12-14-42-35(58)26-16-24(19-52(26)6)44-37(60)33-48-29(22-54(33)8)50-39(62)64-40(2,3)4/h15-16,18-22,41H,10-14,17H2,1-9H3,(H,42,58)(H,43,59)(H,44,60)(H,45,57)(H,46,56)(H,50,62). The Balaban J connectivity index is 1.03. The van der Waals surface area contributed by atoms with Crippen molar-refractivity contribution in [3.63, 3.8) is 0 Å². The van der Waals surface area contributed by atoms with Crippen molar-refractivity contribution in [2.45, 2.75) is 52.7 Å². The van der Waals surface area contributed by atoms with E-state index < -0.39 is 41.3 Å². The van der Waals surface area contributed by atoms with E-state index in [1.807, 2.05) is 11.6 Å². The average molecular weight is 888 g/mol. The number of amides is 6. The van der Waals surface area contributed by atoms with Crippen LogP contribution in [-0.4, -0.2) is 105 Å². The zero-order valence-corrected chi connectivity index (χ0v) is 37.0. The molecule has 0 unspecified atom stereocenters. The number of anilines is 5. The molecule has 0 bridgehead atoms. The van der Waals surface area contributed by atoms with Crippen LogP contribution in [0.5, 0.6) is 0 Å². The Morgan fingerprint density at radius 3 is 1.66 bits per heavy atom. The van der Waals surface area contributed by atoms with E-state index in [1.165, 1.54) is 49.1 Å². The molecule has 5 rings (SSSR count). The van der Waals surface area contributed by atoms with Crippen LogP contribution >= 0.6 is 0 Å². The van der Waals surface area contributed by atoms with E-state index in [-0.39, 0.29) is 72.5 Å². The molecule has 5 aromatic rings. The number of carbonyl (C=O) groups is 7. The Labute approximate surface area is 367 Å². The van der Waals surface area contributed by atoms with Crippen LogP contribution in [0.25, 0.3) is 0 Å². The Morgan fingerprint density at radius 1 is 0.594 bits per heavy atom. The molecule has 342 valence electrons. The summed E-state index contributed by atoms with van der Waals surface area (Å²) in [6.45, 7) is 7.77. The normalized spacial score (nSPS) is 11.1. The van der Waals surface area contributed by atoms with Crippen molar-refractivity contribution in [3.8, 4) is 0 Å². The molecule has 7 N–H and O–H groups in total. The zero-order chi connectivity index (χ0) is 46.9. The number of imidazole rings is 3. The van der Waals surface area contributed by atoms with Gasteiger partial charge in [0.15, 0.2) is 17.5 Å². The minimum atomic E-state index is -0.720. The molecule has 0 aliphatic heterocycles. The second kappa shape index (κ2) is 20.4. The summed E-state index contributed by atoms with van der Waals surface area (Å²) in [6.07, 6.45) is 7.04. The molecule has 0 saturated heterocycles. The molecule has 6 amide bonds. The molecule has 0 aromatic carbocycles. The summed E-state index contributed by atoms with van der Waals surface area (Å²) < 4.78 is 17.9. The predicted molar refractivity (Wildman–Crippen MR) is 233 cm³/mol. The lowest BCUT2D eigenvalue weighted by Crippen LogP contribution is -2.29. The summed E-state index contributed by atoms with van der Waals surface area (Å²) in [5.41, 5.74) is 1.13. The highest BCUT2D eigenvalue weighted by Crippen LogP contribution is 2.18. The van der Waals surface area contributed by atoms with Crippen LogP contribution in [0.3, 0.4) is 0 Å². The molecule has 0 aliphatic rings. The third kappa shape index (κ3) is 12.9. The van der Waals surface area contributed by atoms with Gasteiger partial charge in [-0.2, -0.15) is 0 Å². The quantitative estimate of drug-likeness (QED) is 0.0493. The number of nitrogens with zero attached hydrogens (tertiary/aromatic N) is 8. The first kappa shape index (κ1) is 47.3. The second-order valence-electron chi connectivity index (χ2n) is 15.5. The van der Waals surface area contributed by atoms with Gasteiger partial charge in [-0.05, 0) is 39.8 Å². The van der Waals surface area contributed by atoms with E-state index in [4.69, 9.17) is 9.47 Å². The zero-order valence-electron chi connectivity index (χ0n) is 37.0. The molecule has 64 heavy (non-hydrogen) atoms. The maximum Gasteiger partial charge on any atom is 0.413 e. The van der Waals surface area contributed by atoms with Gasteiger partial charge < -0.3 is 64.2 Å². The molecular formula is C40H53N15O9. The molecule has 24 heteroatoms. The number of aryl methyl sites for hydroxylation is 5. The Kier molecular flexibility index (Phi) is 15.1. The molecule has 0 saturated carbocycles. The lowest BCUT2D eigenvalue weighted by atomic mass is 10.2. The first-order chi connectivity index (χ1) is 30.2. The molecular weight excluding hydrogens is 835 g/mol. The van der Waals surface area contributed by atoms with Crippen LogP contribution in [0.4, 0.5) is 33.6 Å². The molecule has 0 radical (unpaired) electrons. The van der Waals surface area contributed by atoms with Crippen LogP contribution in [-0.2, 0) is 60.8 Å². The molecule has 0 atom stereocenters. The van der Waals surface area contributed by atoms with Gasteiger partial charge >= 0.3 is 12.1 Å². The maximum absolute atomic E-state index is 13.2. The fourth-order valence-corrected chi connectivity index (χ4v) is 6.09. The third-order valence-corrected chi connectivity index (χ3v) is 8.99. The summed E-state index contributed by atoms with van der Waals surface area (Å²) in [5, 5.41) is 19.1. The van der Waals surface area contributed by atoms with Crippen molar-refractivity contribution in [2.75, 3.05) is 46.3 Å². The number of hydrogen-bond acceptors (Lipinski definition) is 13. The Bertz CT molecular complexity index is 2550. The highest BCUT2D eigenvalue weighted by atomic mass is 16.6. The monoisotopic (exact) mass is 887 g/mol. The number of rotatable bonds is 18. The number of aromatic nitrogens is 8. The summed E-state index contributed by atoms with van der Waals surface area (Å²) >= 11 is 0. The van der Waals surface area contributed by atoms with Crippen LogP contribution in [0.2, 0.25) is 0 Å². The average Bonchev–Trinajstić information content (AvgIpc) is 4.01. The van der Waals surface area contributed by atoms with Crippen molar-refractivity contribution < 1.29 is 43.0 Å². The Morgan fingerprint density at radius 2 is 1.09 bits per heavy atom. The first-order valence-corrected chi connectivity index (χ1v) is 20.0.